The van der Waals surface area contributed by atoms with Crippen LogP contribution in [0.15, 0.2) is 29.2 Å². The van der Waals surface area contributed by atoms with Crippen molar-refractivity contribution in [3.05, 3.63) is 24.2 Å². The van der Waals surface area contributed by atoms with Crippen LogP contribution in [0.25, 0.3) is 0 Å². The number of piperazine rings is 1. The van der Waals surface area contributed by atoms with Crippen LogP contribution < -0.4 is 0 Å². The molecule has 1 N–H and O–H groups in total. The van der Waals surface area contributed by atoms with Gasteiger partial charge in [0.1, 0.15) is 0 Å². The van der Waals surface area contributed by atoms with E-state index in [1.807, 2.05) is 27.0 Å². The Balaban J connectivity index is 2.45. The highest BCUT2D eigenvalue weighted by molar-refractivity contribution is 5.78. The molecule has 23 heavy (non-hydrogen) atoms. The number of rotatable bonds is 8. The Bertz CT molecular complexity index is 430. The minimum atomic E-state index is -0.584. The molecule has 0 aromatic heterocycles. The third-order valence-electron chi connectivity index (χ3n) is 4.03. The van der Waals surface area contributed by atoms with Gasteiger partial charge in [-0.3, -0.25) is 4.90 Å². The topological polar surface area (TPSA) is 48.3 Å². The summed E-state index contributed by atoms with van der Waals surface area (Å²) in [5.41, 5.74) is 0.520. The van der Waals surface area contributed by atoms with Crippen LogP contribution in [-0.2, 0) is 4.74 Å². The summed E-state index contributed by atoms with van der Waals surface area (Å²) >= 11 is 0. The molecule has 0 radical (unpaired) electrons. The van der Waals surface area contributed by atoms with Crippen LogP contribution in [0.2, 0.25) is 0 Å². The molecule has 1 fully saturated rings. The zero-order valence-corrected chi connectivity index (χ0v) is 15.4. The first-order chi connectivity index (χ1) is 10.7. The van der Waals surface area contributed by atoms with Gasteiger partial charge in [-0.1, -0.05) is 13.0 Å². The number of methoxy groups -OCH3 is 1. The number of ether oxygens (including phenoxy) is 1. The van der Waals surface area contributed by atoms with Crippen molar-refractivity contribution in [2.45, 2.75) is 39.7 Å². The minimum Gasteiger partial charge on any atom is -0.481 e. The monoisotopic (exact) mass is 323 g/mol. The molecule has 0 saturated carbocycles. The van der Waals surface area contributed by atoms with Crippen molar-refractivity contribution in [1.82, 2.24) is 9.80 Å². The lowest BCUT2D eigenvalue weighted by atomic mass is 9.94. The molecule has 5 heteroatoms. The number of nitrogens with zero attached hydrogens (tertiary/aromatic N) is 3. The van der Waals surface area contributed by atoms with Crippen molar-refractivity contribution < 1.29 is 9.84 Å². The van der Waals surface area contributed by atoms with Crippen molar-refractivity contribution >= 4 is 6.21 Å². The second kappa shape index (κ2) is 9.08. The fourth-order valence-electron chi connectivity index (χ4n) is 3.08. The van der Waals surface area contributed by atoms with Gasteiger partial charge in [0.15, 0.2) is 0 Å². The average Bonchev–Trinajstić information content (AvgIpc) is 2.47. The molecule has 1 heterocycles. The molecule has 0 bridgehead atoms. The van der Waals surface area contributed by atoms with Crippen molar-refractivity contribution in [1.29, 1.82) is 0 Å². The SMILES string of the molecule is C=C(/N=C\C(=C/C)N1CCN(CC(C)CC(C)(C)O)CC1)OC. The largest absolute Gasteiger partial charge is 0.481 e. The van der Waals surface area contributed by atoms with Crippen LogP contribution in [0.1, 0.15) is 34.1 Å². The molecule has 1 rings (SSSR count). The van der Waals surface area contributed by atoms with Gasteiger partial charge < -0.3 is 14.7 Å². The van der Waals surface area contributed by atoms with Gasteiger partial charge in [-0.25, -0.2) is 4.99 Å². The molecule has 1 atom stereocenters. The van der Waals surface area contributed by atoms with Gasteiger partial charge in [-0.2, -0.15) is 0 Å². The Morgan fingerprint density at radius 1 is 1.35 bits per heavy atom. The maximum absolute atomic E-state index is 9.92. The number of aliphatic imine (C=N–C) groups is 1. The van der Waals surface area contributed by atoms with Crippen LogP contribution in [0.3, 0.4) is 0 Å². The quantitative estimate of drug-likeness (QED) is 0.551. The highest BCUT2D eigenvalue weighted by Crippen LogP contribution is 2.18. The summed E-state index contributed by atoms with van der Waals surface area (Å²) in [5.74, 6) is 0.915. The molecular formula is C18H33N3O2. The molecule has 0 amide bonds. The second-order valence-electron chi connectivity index (χ2n) is 6.98. The molecule has 132 valence electrons. The van der Waals surface area contributed by atoms with E-state index in [2.05, 4.69) is 34.4 Å². The Morgan fingerprint density at radius 3 is 2.43 bits per heavy atom. The van der Waals surface area contributed by atoms with Gasteiger partial charge in [0.25, 0.3) is 0 Å². The van der Waals surface area contributed by atoms with Gasteiger partial charge in [-0.05, 0) is 39.7 Å². The van der Waals surface area contributed by atoms with E-state index in [0.717, 1.165) is 44.8 Å². The van der Waals surface area contributed by atoms with E-state index in [9.17, 15) is 5.11 Å². The molecule has 5 nitrogen and oxygen atoms in total. The normalized spacial score (nSPS) is 19.2. The van der Waals surface area contributed by atoms with E-state index in [4.69, 9.17) is 4.74 Å². The first-order valence-corrected chi connectivity index (χ1v) is 8.38. The molecule has 1 unspecified atom stereocenters. The summed E-state index contributed by atoms with van der Waals surface area (Å²) < 4.78 is 4.97. The Morgan fingerprint density at radius 2 is 1.96 bits per heavy atom. The first kappa shape index (κ1) is 19.7. The first-order valence-electron chi connectivity index (χ1n) is 8.38. The lowest BCUT2D eigenvalue weighted by Gasteiger charge is -2.38. The summed E-state index contributed by atoms with van der Waals surface area (Å²) in [5, 5.41) is 9.92. The summed E-state index contributed by atoms with van der Waals surface area (Å²) in [6.45, 7) is 16.8. The van der Waals surface area contributed by atoms with E-state index in [-0.39, 0.29) is 0 Å². The summed E-state index contributed by atoms with van der Waals surface area (Å²) in [4.78, 5) is 9.02. The van der Waals surface area contributed by atoms with E-state index in [1.165, 1.54) is 0 Å². The maximum Gasteiger partial charge on any atom is 0.205 e. The molecular weight excluding hydrogens is 290 g/mol. The Kier molecular flexibility index (Phi) is 7.79. The summed E-state index contributed by atoms with van der Waals surface area (Å²) in [7, 11) is 1.57. The van der Waals surface area contributed by atoms with E-state index < -0.39 is 5.60 Å². The van der Waals surface area contributed by atoms with Gasteiger partial charge in [-0.15, -0.1) is 0 Å². The lowest BCUT2D eigenvalue weighted by molar-refractivity contribution is 0.0443. The van der Waals surface area contributed by atoms with E-state index in [0.29, 0.717) is 11.8 Å². The number of allylic oxidation sites excluding steroid dienone is 2. The molecule has 1 aliphatic heterocycles. The zero-order chi connectivity index (χ0) is 17.5. The number of hydrogen-bond acceptors (Lipinski definition) is 5. The van der Waals surface area contributed by atoms with Gasteiger partial charge in [0.2, 0.25) is 5.88 Å². The number of hydrogen-bond donors (Lipinski definition) is 1. The molecule has 1 aliphatic rings. The smallest absolute Gasteiger partial charge is 0.205 e. The Labute approximate surface area is 141 Å². The third kappa shape index (κ3) is 7.66. The van der Waals surface area contributed by atoms with Gasteiger partial charge in [0.05, 0.1) is 24.6 Å². The van der Waals surface area contributed by atoms with Crippen LogP contribution in [-0.4, -0.2) is 66.6 Å². The highest BCUT2D eigenvalue weighted by atomic mass is 16.5. The van der Waals surface area contributed by atoms with Crippen LogP contribution in [0.4, 0.5) is 0 Å². The standard InChI is InChI=1S/C18H33N3O2/c1-7-17(13-19-16(3)23-6)21-10-8-20(9-11-21)14-15(2)12-18(4,5)22/h7,13,15,22H,3,8-12,14H2,1-2,4-6H3/b17-7+,19-13-. The maximum atomic E-state index is 9.92. The molecule has 1 saturated heterocycles. The second-order valence-corrected chi connectivity index (χ2v) is 6.98. The van der Waals surface area contributed by atoms with Crippen LogP contribution >= 0.6 is 0 Å². The predicted octanol–water partition coefficient (Wildman–Crippen LogP) is 2.49. The predicted molar refractivity (Wildman–Crippen MR) is 96.5 cm³/mol. The summed E-state index contributed by atoms with van der Waals surface area (Å²) in [6.07, 6.45) is 4.72. The average molecular weight is 323 g/mol. The Hall–Kier alpha value is -1.33. The summed E-state index contributed by atoms with van der Waals surface area (Å²) in [6, 6.07) is 0. The van der Waals surface area contributed by atoms with E-state index >= 15 is 0 Å². The minimum absolute atomic E-state index is 0.420. The lowest BCUT2D eigenvalue weighted by Crippen LogP contribution is -2.47. The van der Waals surface area contributed by atoms with Gasteiger partial charge in [0, 0.05) is 32.7 Å². The van der Waals surface area contributed by atoms with Crippen molar-refractivity contribution in [3.63, 3.8) is 0 Å². The van der Waals surface area contributed by atoms with Crippen LogP contribution in [0, 0.1) is 5.92 Å². The highest BCUT2D eigenvalue weighted by Gasteiger charge is 2.22. The molecule has 0 aromatic rings. The van der Waals surface area contributed by atoms with Gasteiger partial charge >= 0.3 is 0 Å². The van der Waals surface area contributed by atoms with E-state index in [1.54, 1.807) is 7.11 Å². The van der Waals surface area contributed by atoms with Crippen molar-refractivity contribution in [2.75, 3.05) is 39.8 Å². The van der Waals surface area contributed by atoms with Crippen LogP contribution in [0.5, 0.6) is 0 Å². The fraction of sp³-hybridized carbons (Fsp3) is 0.722. The molecule has 0 aliphatic carbocycles. The van der Waals surface area contributed by atoms with Crippen molar-refractivity contribution in [2.24, 2.45) is 10.9 Å². The zero-order valence-electron chi connectivity index (χ0n) is 15.4. The molecule has 0 aromatic carbocycles. The third-order valence-corrected chi connectivity index (χ3v) is 4.03. The number of aliphatic hydroxyl groups is 1. The molecule has 0 spiro atoms. The fourth-order valence-corrected chi connectivity index (χ4v) is 3.08. The van der Waals surface area contributed by atoms with Crippen molar-refractivity contribution in [3.8, 4) is 0 Å².